The van der Waals surface area contributed by atoms with Gasteiger partial charge in [-0.05, 0) is 68.1 Å². The Balaban J connectivity index is 1.14. The van der Waals surface area contributed by atoms with Crippen molar-refractivity contribution >= 4 is 51.3 Å². The molecule has 3 heterocycles. The number of piperazine rings is 1. The summed E-state index contributed by atoms with van der Waals surface area (Å²) in [6.45, 7) is 11.2. The Hall–Kier alpha value is -4.46. The molecule has 3 aromatic carbocycles. The van der Waals surface area contributed by atoms with Gasteiger partial charge >= 0.3 is 6.09 Å². The summed E-state index contributed by atoms with van der Waals surface area (Å²) >= 11 is 1.24. The second-order valence-electron chi connectivity index (χ2n) is 14.1. The van der Waals surface area contributed by atoms with Gasteiger partial charge in [0.15, 0.2) is 5.16 Å². The molecule has 13 heteroatoms. The maximum absolute atomic E-state index is 14.0. The van der Waals surface area contributed by atoms with E-state index >= 15 is 0 Å². The SMILES string of the molecule is CCn1c(SC(C(=O)N2CC[C@H](O)C2)c2ccc(CNC(=O)CN3CCN(C(=O)OC(C)(C)C)CC3)cc2)nc2cc3ccccc3cc2c1=O. The molecule has 2 saturated heterocycles. The van der Waals surface area contributed by atoms with Crippen molar-refractivity contribution in [1.29, 1.82) is 0 Å². The molecule has 2 N–H and O–H groups in total. The molecule has 12 nitrogen and oxygen atoms in total. The molecule has 0 saturated carbocycles. The fourth-order valence-electron chi connectivity index (χ4n) is 6.42. The lowest BCUT2D eigenvalue weighted by molar-refractivity contribution is -0.130. The summed E-state index contributed by atoms with van der Waals surface area (Å²) in [6.07, 6.45) is -0.389. The number of nitrogens with one attached hydrogen (secondary N) is 1. The van der Waals surface area contributed by atoms with Gasteiger partial charge in [-0.3, -0.25) is 23.9 Å². The number of aliphatic hydroxyl groups is 1. The molecule has 4 aromatic rings. The summed E-state index contributed by atoms with van der Waals surface area (Å²) in [5.74, 6) is -0.270. The van der Waals surface area contributed by atoms with Crippen LogP contribution in [0.3, 0.4) is 0 Å². The van der Waals surface area contributed by atoms with Crippen LogP contribution < -0.4 is 10.9 Å². The highest BCUT2D eigenvalue weighted by Gasteiger charge is 2.33. The standard InChI is InChI=1S/C38H46N6O6S/c1-5-44-34(47)30-20-27-8-6-7-9-28(27)21-31(30)40-36(44)51-33(35(48)43-15-14-29(45)23-43)26-12-10-25(11-13-26)22-39-32(46)24-41-16-18-42(19-17-41)37(49)50-38(2,3)4/h6-13,20-21,29,33,45H,5,14-19,22-24H2,1-4H3,(H,39,46)/t29-,33?/m0/s1. The Morgan fingerprint density at radius 2 is 1.67 bits per heavy atom. The Morgan fingerprint density at radius 3 is 2.29 bits per heavy atom. The van der Waals surface area contributed by atoms with Crippen molar-refractivity contribution in [2.45, 2.75) is 69.3 Å². The van der Waals surface area contributed by atoms with E-state index in [2.05, 4.69) is 5.32 Å². The van der Waals surface area contributed by atoms with Crippen LogP contribution in [-0.2, 0) is 27.4 Å². The van der Waals surface area contributed by atoms with Crippen LogP contribution in [-0.4, -0.2) is 105 Å². The first-order chi connectivity index (χ1) is 24.4. The van der Waals surface area contributed by atoms with Gasteiger partial charge in [-0.15, -0.1) is 0 Å². The van der Waals surface area contributed by atoms with Crippen molar-refractivity contribution in [3.63, 3.8) is 0 Å². The van der Waals surface area contributed by atoms with Gasteiger partial charge in [0.2, 0.25) is 11.8 Å². The fourth-order valence-corrected chi connectivity index (χ4v) is 7.66. The zero-order chi connectivity index (χ0) is 36.3. The minimum atomic E-state index is -0.708. The third kappa shape index (κ3) is 8.71. The van der Waals surface area contributed by atoms with Gasteiger partial charge in [-0.1, -0.05) is 60.3 Å². The van der Waals surface area contributed by atoms with E-state index in [0.717, 1.165) is 21.9 Å². The lowest BCUT2D eigenvalue weighted by atomic mass is 10.1. The van der Waals surface area contributed by atoms with E-state index in [1.165, 1.54) is 11.8 Å². The number of benzene rings is 3. The van der Waals surface area contributed by atoms with Gasteiger partial charge in [0.25, 0.3) is 5.56 Å². The molecule has 0 spiro atoms. The number of carbonyl (C=O) groups is 3. The van der Waals surface area contributed by atoms with Crippen LogP contribution in [0.1, 0.15) is 50.5 Å². The summed E-state index contributed by atoms with van der Waals surface area (Å²) in [6, 6.07) is 19.2. The first-order valence-corrected chi connectivity index (χ1v) is 18.4. The van der Waals surface area contributed by atoms with Crippen LogP contribution in [0.25, 0.3) is 21.7 Å². The third-order valence-corrected chi connectivity index (χ3v) is 10.4. The number of hydrogen-bond donors (Lipinski definition) is 2. The topological polar surface area (TPSA) is 137 Å². The first-order valence-electron chi connectivity index (χ1n) is 17.5. The number of aromatic nitrogens is 2. The first kappa shape index (κ1) is 36.3. The number of aliphatic hydroxyl groups excluding tert-OH is 1. The van der Waals surface area contributed by atoms with Gasteiger partial charge < -0.3 is 25.0 Å². The highest BCUT2D eigenvalue weighted by Crippen LogP contribution is 2.37. The lowest BCUT2D eigenvalue weighted by Gasteiger charge is -2.35. The molecular formula is C38H46N6O6S. The normalized spacial score (nSPS) is 17.5. The van der Waals surface area contributed by atoms with Crippen LogP contribution in [0.5, 0.6) is 0 Å². The Kier molecular flexibility index (Phi) is 11.0. The number of nitrogens with zero attached hydrogens (tertiary/aromatic N) is 5. The van der Waals surface area contributed by atoms with Gasteiger partial charge in [-0.2, -0.15) is 0 Å². The van der Waals surface area contributed by atoms with Gasteiger partial charge in [0.05, 0.1) is 23.6 Å². The minimum absolute atomic E-state index is 0.117. The maximum atomic E-state index is 14.0. The number of likely N-dealkylation sites (tertiary alicyclic amines) is 1. The van der Waals surface area contributed by atoms with Gasteiger partial charge in [0, 0.05) is 52.4 Å². The van der Waals surface area contributed by atoms with E-state index in [9.17, 15) is 24.3 Å². The van der Waals surface area contributed by atoms with Crippen LogP contribution in [0.4, 0.5) is 4.79 Å². The summed E-state index contributed by atoms with van der Waals surface area (Å²) in [5.41, 5.74) is 1.47. The lowest BCUT2D eigenvalue weighted by Crippen LogP contribution is -2.52. The van der Waals surface area contributed by atoms with Crippen molar-refractivity contribution in [3.8, 4) is 0 Å². The number of β-amino-alcohol motifs (C(OH)–C–C–N with tert-alkyl or cyclic N) is 1. The molecule has 1 aromatic heterocycles. The zero-order valence-electron chi connectivity index (χ0n) is 29.6. The zero-order valence-corrected chi connectivity index (χ0v) is 30.4. The Bertz CT molecular complexity index is 1970. The second kappa shape index (κ2) is 15.4. The van der Waals surface area contributed by atoms with Gasteiger partial charge in [-0.25, -0.2) is 9.78 Å². The van der Waals surface area contributed by atoms with Crippen LogP contribution >= 0.6 is 11.8 Å². The number of carbonyl (C=O) groups excluding carboxylic acids is 3. The smallest absolute Gasteiger partial charge is 0.410 e. The molecule has 0 aliphatic carbocycles. The predicted octanol–water partition coefficient (Wildman–Crippen LogP) is 4.17. The van der Waals surface area contributed by atoms with Crippen molar-refractivity contribution in [2.75, 3.05) is 45.8 Å². The van der Waals surface area contributed by atoms with Crippen LogP contribution in [0.2, 0.25) is 0 Å². The molecule has 2 aliphatic heterocycles. The summed E-state index contributed by atoms with van der Waals surface area (Å²) in [4.78, 5) is 63.2. The average Bonchev–Trinajstić information content (AvgIpc) is 3.55. The van der Waals surface area contributed by atoms with E-state index in [1.54, 1.807) is 14.4 Å². The van der Waals surface area contributed by atoms with Crippen molar-refractivity contribution < 1.29 is 24.2 Å². The molecule has 51 heavy (non-hydrogen) atoms. The fraction of sp³-hybridized carbons (Fsp3) is 0.447. The second-order valence-corrected chi connectivity index (χ2v) is 15.2. The number of amides is 3. The van der Waals surface area contributed by atoms with E-state index in [-0.39, 0.29) is 36.6 Å². The number of ether oxygens (including phenoxy) is 1. The molecule has 2 aliphatic rings. The summed E-state index contributed by atoms with van der Waals surface area (Å²) in [5, 5.41) is 15.4. The van der Waals surface area contributed by atoms with E-state index in [1.807, 2.05) is 93.3 Å². The van der Waals surface area contributed by atoms with E-state index < -0.39 is 17.0 Å². The van der Waals surface area contributed by atoms with Crippen LogP contribution in [0.15, 0.2) is 70.6 Å². The highest BCUT2D eigenvalue weighted by atomic mass is 32.2. The van der Waals surface area contributed by atoms with E-state index in [4.69, 9.17) is 9.72 Å². The average molecular weight is 715 g/mol. The molecular weight excluding hydrogens is 669 g/mol. The number of rotatable bonds is 9. The maximum Gasteiger partial charge on any atom is 0.410 e. The molecule has 6 rings (SSSR count). The van der Waals surface area contributed by atoms with Gasteiger partial charge in [0.1, 0.15) is 10.9 Å². The quantitative estimate of drug-likeness (QED) is 0.149. The molecule has 0 radical (unpaired) electrons. The minimum Gasteiger partial charge on any atom is -0.444 e. The Morgan fingerprint density at radius 1 is 0.980 bits per heavy atom. The third-order valence-electron chi connectivity index (χ3n) is 9.19. The monoisotopic (exact) mass is 714 g/mol. The molecule has 0 bridgehead atoms. The number of thioether (sulfide) groups is 1. The largest absolute Gasteiger partial charge is 0.444 e. The van der Waals surface area contributed by atoms with Crippen LogP contribution in [0, 0.1) is 0 Å². The Labute approximate surface area is 301 Å². The molecule has 2 atom stereocenters. The molecule has 1 unspecified atom stereocenters. The summed E-state index contributed by atoms with van der Waals surface area (Å²) in [7, 11) is 0. The highest BCUT2D eigenvalue weighted by molar-refractivity contribution is 8.00. The molecule has 3 amide bonds. The number of hydrogen-bond acceptors (Lipinski definition) is 9. The van der Waals surface area contributed by atoms with Crippen molar-refractivity contribution in [2.24, 2.45) is 0 Å². The molecule has 2 fully saturated rings. The summed E-state index contributed by atoms with van der Waals surface area (Å²) < 4.78 is 7.07. The van der Waals surface area contributed by atoms with Crippen molar-refractivity contribution in [3.05, 3.63) is 82.1 Å². The predicted molar refractivity (Wildman–Crippen MR) is 198 cm³/mol. The van der Waals surface area contributed by atoms with E-state index in [0.29, 0.717) is 68.3 Å². The molecule has 270 valence electrons. The van der Waals surface area contributed by atoms with Crippen molar-refractivity contribution in [1.82, 2.24) is 29.6 Å². The number of fused-ring (bicyclic) bond motifs is 2.